The summed E-state index contributed by atoms with van der Waals surface area (Å²) in [6.07, 6.45) is 0.793. The molecular formula is C13H17NO6S. The number of anilines is 1. The molecule has 1 heterocycles. The lowest BCUT2D eigenvalue weighted by Gasteiger charge is -2.23. The second kappa shape index (κ2) is 6.31. The molecular weight excluding hydrogens is 298 g/mol. The van der Waals surface area contributed by atoms with Gasteiger partial charge in [0.05, 0.1) is 23.6 Å². The molecule has 0 atom stereocenters. The van der Waals surface area contributed by atoms with E-state index in [1.54, 1.807) is 0 Å². The molecule has 0 bridgehead atoms. The molecule has 1 saturated heterocycles. The van der Waals surface area contributed by atoms with Gasteiger partial charge in [0.25, 0.3) is 0 Å². The molecule has 0 amide bonds. The summed E-state index contributed by atoms with van der Waals surface area (Å²) in [7, 11) is -2.24. The second-order valence-electron chi connectivity index (χ2n) is 4.68. The molecule has 116 valence electrons. The number of ether oxygens (including phenoxy) is 2. The van der Waals surface area contributed by atoms with E-state index in [-0.39, 0.29) is 11.3 Å². The Hall–Kier alpha value is -1.80. The van der Waals surface area contributed by atoms with Crippen LogP contribution >= 0.6 is 0 Å². The number of benzene rings is 1. The number of carboxylic acid groups (broad SMARTS) is 1. The zero-order valence-corrected chi connectivity index (χ0v) is 12.4. The fraction of sp³-hybridized carbons (Fsp3) is 0.462. The van der Waals surface area contributed by atoms with E-state index in [1.807, 2.05) is 0 Å². The van der Waals surface area contributed by atoms with Gasteiger partial charge in [0.1, 0.15) is 5.75 Å². The number of rotatable bonds is 5. The lowest BCUT2D eigenvalue weighted by atomic mass is 10.2. The van der Waals surface area contributed by atoms with Crippen molar-refractivity contribution in [3.8, 4) is 5.75 Å². The van der Waals surface area contributed by atoms with Gasteiger partial charge in [-0.15, -0.1) is 0 Å². The highest BCUT2D eigenvalue weighted by molar-refractivity contribution is 7.93. The molecule has 2 rings (SSSR count). The smallest absolute Gasteiger partial charge is 0.337 e. The first-order valence-electron chi connectivity index (χ1n) is 6.45. The Balaban J connectivity index is 2.27. The number of carbonyl (C=O) groups is 1. The zero-order valence-electron chi connectivity index (χ0n) is 11.5. The molecule has 1 aliphatic rings. The van der Waals surface area contributed by atoms with Gasteiger partial charge in [0.2, 0.25) is 10.0 Å². The highest BCUT2D eigenvalue weighted by Gasteiger charge is 2.28. The van der Waals surface area contributed by atoms with E-state index in [0.29, 0.717) is 31.8 Å². The maximum atomic E-state index is 12.3. The number of hydrogen-bond acceptors (Lipinski definition) is 5. The van der Waals surface area contributed by atoms with Crippen LogP contribution in [0.5, 0.6) is 5.75 Å². The van der Waals surface area contributed by atoms with Gasteiger partial charge in [0.15, 0.2) is 0 Å². The first-order chi connectivity index (χ1) is 9.94. The van der Waals surface area contributed by atoms with Crippen LogP contribution in [0.3, 0.4) is 0 Å². The topological polar surface area (TPSA) is 102 Å². The SMILES string of the molecule is COc1ccc(NS(=O)(=O)C2CCOCC2)c(C(=O)O)c1. The molecule has 2 N–H and O–H groups in total. The summed E-state index contributed by atoms with van der Waals surface area (Å²) >= 11 is 0. The summed E-state index contributed by atoms with van der Waals surface area (Å²) in [4.78, 5) is 11.2. The van der Waals surface area contributed by atoms with Crippen LogP contribution in [0.25, 0.3) is 0 Å². The minimum absolute atomic E-state index is 0.0368. The molecule has 1 fully saturated rings. The predicted molar refractivity (Wildman–Crippen MR) is 76.3 cm³/mol. The third kappa shape index (κ3) is 3.64. The standard InChI is InChI=1S/C13H17NO6S/c1-19-9-2-3-12(11(8-9)13(15)16)14-21(17,18)10-4-6-20-7-5-10/h2-3,8,10,14H,4-7H2,1H3,(H,15,16). The minimum atomic E-state index is -3.65. The van der Waals surface area contributed by atoms with Gasteiger partial charge in [-0.1, -0.05) is 0 Å². The number of sulfonamides is 1. The van der Waals surface area contributed by atoms with Gasteiger partial charge >= 0.3 is 5.97 Å². The Kier molecular flexibility index (Phi) is 4.69. The lowest BCUT2D eigenvalue weighted by Crippen LogP contribution is -2.33. The van der Waals surface area contributed by atoms with Crippen LogP contribution in [0.1, 0.15) is 23.2 Å². The largest absolute Gasteiger partial charge is 0.497 e. The maximum absolute atomic E-state index is 12.3. The molecule has 7 nitrogen and oxygen atoms in total. The normalized spacial score (nSPS) is 16.4. The number of nitrogens with one attached hydrogen (secondary N) is 1. The van der Waals surface area contributed by atoms with E-state index in [9.17, 15) is 18.3 Å². The quantitative estimate of drug-likeness (QED) is 0.849. The Labute approximate surface area is 122 Å². The highest BCUT2D eigenvalue weighted by atomic mass is 32.2. The monoisotopic (exact) mass is 315 g/mol. The average Bonchev–Trinajstić information content (AvgIpc) is 2.48. The molecule has 0 saturated carbocycles. The molecule has 1 aromatic carbocycles. The van der Waals surface area contributed by atoms with Gasteiger partial charge in [-0.25, -0.2) is 13.2 Å². The summed E-state index contributed by atoms with van der Waals surface area (Å²) in [6, 6.07) is 4.18. The molecule has 1 aromatic rings. The number of aromatic carboxylic acids is 1. The van der Waals surface area contributed by atoms with Crippen LogP contribution in [0, 0.1) is 0 Å². The predicted octanol–water partition coefficient (Wildman–Crippen LogP) is 1.31. The molecule has 0 spiro atoms. The molecule has 21 heavy (non-hydrogen) atoms. The van der Waals surface area contributed by atoms with Crippen LogP contribution in [-0.4, -0.2) is 45.1 Å². The Bertz CT molecular complexity index is 622. The molecule has 8 heteroatoms. The second-order valence-corrected chi connectivity index (χ2v) is 6.64. The zero-order chi connectivity index (χ0) is 15.5. The van der Waals surface area contributed by atoms with Crippen LogP contribution in [0.4, 0.5) is 5.69 Å². The van der Waals surface area contributed by atoms with E-state index in [1.165, 1.54) is 25.3 Å². The van der Waals surface area contributed by atoms with Gasteiger partial charge in [0, 0.05) is 13.2 Å². The molecule has 1 aliphatic heterocycles. The van der Waals surface area contributed by atoms with Crippen LogP contribution < -0.4 is 9.46 Å². The third-order valence-corrected chi connectivity index (χ3v) is 5.17. The Morgan fingerprint density at radius 2 is 2.05 bits per heavy atom. The van der Waals surface area contributed by atoms with Crippen molar-refractivity contribution < 1.29 is 27.8 Å². The van der Waals surface area contributed by atoms with Crippen molar-refractivity contribution in [1.29, 1.82) is 0 Å². The Morgan fingerprint density at radius 1 is 1.38 bits per heavy atom. The van der Waals surface area contributed by atoms with Crippen molar-refractivity contribution in [2.75, 3.05) is 25.0 Å². The minimum Gasteiger partial charge on any atom is -0.497 e. The van der Waals surface area contributed by atoms with Crippen molar-refractivity contribution in [1.82, 2.24) is 0 Å². The van der Waals surface area contributed by atoms with Crippen molar-refractivity contribution in [2.24, 2.45) is 0 Å². The Morgan fingerprint density at radius 3 is 2.62 bits per heavy atom. The number of hydrogen-bond donors (Lipinski definition) is 2. The summed E-state index contributed by atoms with van der Waals surface area (Å²) in [6.45, 7) is 0.778. The molecule has 0 aromatic heterocycles. The van der Waals surface area contributed by atoms with Crippen molar-refractivity contribution in [3.05, 3.63) is 23.8 Å². The molecule has 0 aliphatic carbocycles. The molecule has 0 unspecified atom stereocenters. The lowest BCUT2D eigenvalue weighted by molar-refractivity contribution is 0.0697. The number of carboxylic acids is 1. The number of methoxy groups -OCH3 is 1. The first kappa shape index (κ1) is 15.6. The summed E-state index contributed by atoms with van der Waals surface area (Å²) in [5.41, 5.74) is -0.111. The van der Waals surface area contributed by atoms with E-state index in [4.69, 9.17) is 9.47 Å². The van der Waals surface area contributed by atoms with Gasteiger partial charge < -0.3 is 14.6 Å². The maximum Gasteiger partial charge on any atom is 0.337 e. The summed E-state index contributed by atoms with van der Waals surface area (Å²) in [5, 5.41) is 8.61. The van der Waals surface area contributed by atoms with Gasteiger partial charge in [-0.05, 0) is 31.0 Å². The fourth-order valence-electron chi connectivity index (χ4n) is 2.14. The van der Waals surface area contributed by atoms with Crippen molar-refractivity contribution >= 4 is 21.7 Å². The molecule has 0 radical (unpaired) electrons. The fourth-order valence-corrected chi connectivity index (χ4v) is 3.60. The average molecular weight is 315 g/mol. The van der Waals surface area contributed by atoms with Crippen LogP contribution in [-0.2, 0) is 14.8 Å². The third-order valence-electron chi connectivity index (χ3n) is 3.32. The summed E-state index contributed by atoms with van der Waals surface area (Å²) < 4.78 is 37.0. The van der Waals surface area contributed by atoms with Crippen molar-refractivity contribution in [2.45, 2.75) is 18.1 Å². The van der Waals surface area contributed by atoms with Crippen LogP contribution in [0.2, 0.25) is 0 Å². The van der Waals surface area contributed by atoms with Gasteiger partial charge in [-0.2, -0.15) is 0 Å². The first-order valence-corrected chi connectivity index (χ1v) is 7.99. The van der Waals surface area contributed by atoms with Crippen molar-refractivity contribution in [3.63, 3.8) is 0 Å². The van der Waals surface area contributed by atoms with E-state index < -0.39 is 21.2 Å². The van der Waals surface area contributed by atoms with E-state index >= 15 is 0 Å². The summed E-state index contributed by atoms with van der Waals surface area (Å²) in [5.74, 6) is -0.875. The van der Waals surface area contributed by atoms with Gasteiger partial charge in [-0.3, -0.25) is 4.72 Å². The highest BCUT2D eigenvalue weighted by Crippen LogP contribution is 2.25. The van der Waals surface area contributed by atoms with E-state index in [0.717, 1.165) is 0 Å². The van der Waals surface area contributed by atoms with E-state index in [2.05, 4.69) is 4.72 Å². The van der Waals surface area contributed by atoms with Crippen LogP contribution in [0.15, 0.2) is 18.2 Å².